The van der Waals surface area contributed by atoms with Crippen LogP contribution in [-0.2, 0) is 14.3 Å². The summed E-state index contributed by atoms with van der Waals surface area (Å²) in [5, 5.41) is 3.25. The van der Waals surface area contributed by atoms with E-state index in [9.17, 15) is 9.59 Å². The van der Waals surface area contributed by atoms with Crippen molar-refractivity contribution in [3.05, 3.63) is 11.1 Å². The van der Waals surface area contributed by atoms with E-state index in [2.05, 4.69) is 19.2 Å². The van der Waals surface area contributed by atoms with Gasteiger partial charge in [0.25, 0.3) is 0 Å². The summed E-state index contributed by atoms with van der Waals surface area (Å²) in [6.07, 6.45) is 6.56. The average molecular weight is 280 g/mol. The van der Waals surface area contributed by atoms with Gasteiger partial charge in [-0.3, -0.25) is 4.79 Å². The SMILES string of the molecule is COC(=O)C(CC(C)C)=C1CCCC(N[C@@H](C)[C]=O)C1. The zero-order valence-corrected chi connectivity index (χ0v) is 13.0. The van der Waals surface area contributed by atoms with E-state index in [1.807, 2.05) is 6.29 Å². The number of hydrogen-bond acceptors (Lipinski definition) is 4. The van der Waals surface area contributed by atoms with E-state index in [4.69, 9.17) is 4.74 Å². The highest BCUT2D eigenvalue weighted by atomic mass is 16.5. The largest absolute Gasteiger partial charge is 0.466 e. The lowest BCUT2D eigenvalue weighted by atomic mass is 9.85. The molecular formula is C16H26NO3. The second-order valence-corrected chi connectivity index (χ2v) is 5.97. The van der Waals surface area contributed by atoms with Crippen molar-refractivity contribution in [2.45, 2.75) is 65.0 Å². The molecule has 4 nitrogen and oxygen atoms in total. The third-order valence-corrected chi connectivity index (χ3v) is 3.66. The van der Waals surface area contributed by atoms with Gasteiger partial charge in [-0.25, -0.2) is 4.79 Å². The maximum atomic E-state index is 12.0. The maximum Gasteiger partial charge on any atom is 0.333 e. The number of methoxy groups -OCH3 is 1. The lowest BCUT2D eigenvalue weighted by molar-refractivity contribution is -0.136. The van der Waals surface area contributed by atoms with E-state index in [-0.39, 0.29) is 18.1 Å². The standard InChI is InChI=1S/C16H26NO3/c1-11(2)8-15(16(19)20-4)13-6-5-7-14(9-13)17-12(3)10-18/h11-12,14,17H,5-9H2,1-4H3/t12-,14?/m0/s1. The molecule has 4 heteroatoms. The average Bonchev–Trinajstić information content (AvgIpc) is 2.43. The van der Waals surface area contributed by atoms with Gasteiger partial charge in [0.05, 0.1) is 13.2 Å². The van der Waals surface area contributed by atoms with Gasteiger partial charge in [-0.1, -0.05) is 19.4 Å². The number of nitrogens with one attached hydrogen (secondary N) is 1. The Kier molecular flexibility index (Phi) is 6.93. The molecule has 0 aromatic rings. The summed E-state index contributed by atoms with van der Waals surface area (Å²) in [6, 6.07) is -0.00644. The highest BCUT2D eigenvalue weighted by Gasteiger charge is 2.24. The number of rotatable bonds is 6. The lowest BCUT2D eigenvalue weighted by Gasteiger charge is -2.28. The summed E-state index contributed by atoms with van der Waals surface area (Å²) in [5.74, 6) is 0.219. The van der Waals surface area contributed by atoms with Gasteiger partial charge in [-0.05, 0) is 44.9 Å². The Hall–Kier alpha value is -1.16. The molecular weight excluding hydrogens is 254 g/mol. The summed E-state index contributed by atoms with van der Waals surface area (Å²) < 4.78 is 4.92. The van der Waals surface area contributed by atoms with Crippen molar-refractivity contribution in [3.8, 4) is 0 Å². The minimum Gasteiger partial charge on any atom is -0.466 e. The fourth-order valence-electron chi connectivity index (χ4n) is 2.77. The molecule has 1 N–H and O–H groups in total. The van der Waals surface area contributed by atoms with E-state index < -0.39 is 0 Å². The van der Waals surface area contributed by atoms with Crippen LogP contribution in [0.25, 0.3) is 0 Å². The Morgan fingerprint density at radius 3 is 2.70 bits per heavy atom. The molecule has 0 aromatic carbocycles. The van der Waals surface area contributed by atoms with Crippen LogP contribution in [-0.4, -0.2) is 31.4 Å². The van der Waals surface area contributed by atoms with Crippen LogP contribution in [0.1, 0.15) is 52.9 Å². The summed E-state index contributed by atoms with van der Waals surface area (Å²) >= 11 is 0. The molecule has 113 valence electrons. The van der Waals surface area contributed by atoms with Gasteiger partial charge in [0.15, 0.2) is 0 Å². The molecule has 1 saturated carbocycles. The zero-order valence-electron chi connectivity index (χ0n) is 13.0. The topological polar surface area (TPSA) is 55.4 Å². The van der Waals surface area contributed by atoms with Crippen LogP contribution in [0.15, 0.2) is 11.1 Å². The van der Waals surface area contributed by atoms with Crippen molar-refractivity contribution in [3.63, 3.8) is 0 Å². The predicted octanol–water partition coefficient (Wildman–Crippen LogP) is 2.53. The highest BCUT2D eigenvalue weighted by molar-refractivity contribution is 5.89. The molecule has 2 atom stereocenters. The summed E-state index contributed by atoms with van der Waals surface area (Å²) in [5.41, 5.74) is 2.02. The van der Waals surface area contributed by atoms with Crippen molar-refractivity contribution in [1.29, 1.82) is 0 Å². The number of hydrogen-bond donors (Lipinski definition) is 1. The van der Waals surface area contributed by atoms with Crippen LogP contribution in [0, 0.1) is 5.92 Å². The molecule has 0 saturated heterocycles. The molecule has 1 unspecified atom stereocenters. The normalized spacial score (nSPS) is 23.4. The number of carbonyl (C=O) groups is 1. The van der Waals surface area contributed by atoms with Crippen LogP contribution in [0.5, 0.6) is 0 Å². The predicted molar refractivity (Wildman–Crippen MR) is 79.0 cm³/mol. The quantitative estimate of drug-likeness (QED) is 0.600. The molecule has 0 aromatic heterocycles. The van der Waals surface area contributed by atoms with Gasteiger partial charge in [0.1, 0.15) is 0 Å². The van der Waals surface area contributed by atoms with Gasteiger partial charge in [0, 0.05) is 11.6 Å². The molecule has 1 aliphatic carbocycles. The van der Waals surface area contributed by atoms with E-state index >= 15 is 0 Å². The van der Waals surface area contributed by atoms with Crippen molar-refractivity contribution < 1.29 is 14.3 Å². The van der Waals surface area contributed by atoms with Crippen molar-refractivity contribution >= 4 is 12.3 Å². The number of ether oxygens (including phenoxy) is 1. The monoisotopic (exact) mass is 280 g/mol. The Bertz CT molecular complexity index is 374. The molecule has 1 aliphatic rings. The second-order valence-electron chi connectivity index (χ2n) is 5.97. The molecule has 0 aliphatic heterocycles. The van der Waals surface area contributed by atoms with E-state index in [0.717, 1.165) is 37.7 Å². The minimum atomic E-state index is -0.258. The first-order valence-electron chi connectivity index (χ1n) is 7.40. The van der Waals surface area contributed by atoms with E-state index in [0.29, 0.717) is 5.92 Å². The maximum absolute atomic E-state index is 12.0. The zero-order chi connectivity index (χ0) is 15.1. The van der Waals surface area contributed by atoms with Crippen LogP contribution in [0.4, 0.5) is 0 Å². The van der Waals surface area contributed by atoms with Gasteiger partial charge >= 0.3 is 5.97 Å². The highest BCUT2D eigenvalue weighted by Crippen LogP contribution is 2.29. The molecule has 20 heavy (non-hydrogen) atoms. The Morgan fingerprint density at radius 1 is 1.45 bits per heavy atom. The molecule has 1 radical (unpaired) electrons. The first kappa shape index (κ1) is 16.9. The van der Waals surface area contributed by atoms with Crippen LogP contribution in [0.3, 0.4) is 0 Å². The molecule has 1 rings (SSSR count). The molecule has 1 fully saturated rings. The first-order chi connectivity index (χ1) is 9.47. The van der Waals surface area contributed by atoms with Crippen molar-refractivity contribution in [2.75, 3.05) is 7.11 Å². The Balaban J connectivity index is 2.84. The first-order valence-corrected chi connectivity index (χ1v) is 7.40. The minimum absolute atomic E-state index is 0.204. The van der Waals surface area contributed by atoms with Crippen LogP contribution < -0.4 is 5.32 Å². The molecule has 0 heterocycles. The number of esters is 1. The van der Waals surface area contributed by atoms with Crippen molar-refractivity contribution in [2.24, 2.45) is 5.92 Å². The molecule has 0 spiro atoms. The van der Waals surface area contributed by atoms with Crippen molar-refractivity contribution in [1.82, 2.24) is 5.32 Å². The lowest BCUT2D eigenvalue weighted by Crippen LogP contribution is -2.39. The summed E-state index contributed by atoms with van der Waals surface area (Å²) in [7, 11) is 1.44. The Labute approximate surface area is 122 Å². The number of carbonyl (C=O) groups excluding carboxylic acids is 2. The summed E-state index contributed by atoms with van der Waals surface area (Å²) in [4.78, 5) is 22.6. The summed E-state index contributed by atoms with van der Waals surface area (Å²) in [6.45, 7) is 6.01. The Morgan fingerprint density at radius 2 is 2.15 bits per heavy atom. The van der Waals surface area contributed by atoms with E-state index in [1.54, 1.807) is 6.92 Å². The van der Waals surface area contributed by atoms with Crippen LogP contribution in [0.2, 0.25) is 0 Å². The van der Waals surface area contributed by atoms with Gasteiger partial charge in [-0.2, -0.15) is 0 Å². The van der Waals surface area contributed by atoms with Crippen LogP contribution >= 0.6 is 0 Å². The molecule has 0 amide bonds. The third-order valence-electron chi connectivity index (χ3n) is 3.66. The van der Waals surface area contributed by atoms with Gasteiger partial charge < -0.3 is 10.1 Å². The third kappa shape index (κ3) is 5.08. The van der Waals surface area contributed by atoms with Gasteiger partial charge in [-0.15, -0.1) is 0 Å². The van der Waals surface area contributed by atoms with E-state index in [1.165, 1.54) is 12.7 Å². The molecule has 0 bridgehead atoms. The van der Waals surface area contributed by atoms with Gasteiger partial charge in [0.2, 0.25) is 6.29 Å². The second kappa shape index (κ2) is 8.20. The fourth-order valence-corrected chi connectivity index (χ4v) is 2.77. The fraction of sp³-hybridized carbons (Fsp3) is 0.750. The smallest absolute Gasteiger partial charge is 0.333 e.